The lowest BCUT2D eigenvalue weighted by Gasteiger charge is -2.11. The van der Waals surface area contributed by atoms with E-state index in [-0.39, 0.29) is 31.4 Å². The van der Waals surface area contributed by atoms with E-state index in [0.717, 1.165) is 25.2 Å². The highest BCUT2D eigenvalue weighted by Gasteiger charge is 2.14. The van der Waals surface area contributed by atoms with E-state index in [9.17, 15) is 0 Å². The largest absolute Gasteiger partial charge is 0.395 e. The van der Waals surface area contributed by atoms with Gasteiger partial charge >= 0.3 is 0 Å². The average molecular weight is 479 g/mol. The standard InChI is InChI=1S/C21H25Cl2N3O.2ClH/c1-15-19(13-25-9-8-24-10-11-27)18-4-2-3-5-21(18)26(15)14-16-6-7-17(22)12-20(16)23;;/h2-7,12,24-25,27H,8-11,13-14H2,1H3;2*1H. The highest BCUT2D eigenvalue weighted by molar-refractivity contribution is 6.35. The maximum atomic E-state index is 8.81. The van der Waals surface area contributed by atoms with Crippen molar-refractivity contribution in [1.82, 2.24) is 15.2 Å². The van der Waals surface area contributed by atoms with Crippen LogP contribution in [-0.4, -0.2) is 35.9 Å². The first-order valence-electron chi connectivity index (χ1n) is 9.14. The highest BCUT2D eigenvalue weighted by atomic mass is 35.5. The summed E-state index contributed by atoms with van der Waals surface area (Å²) in [5.74, 6) is 0. The van der Waals surface area contributed by atoms with Crippen molar-refractivity contribution < 1.29 is 5.11 Å². The zero-order chi connectivity index (χ0) is 19.2. The number of nitrogens with zero attached hydrogens (tertiary/aromatic N) is 1. The van der Waals surface area contributed by atoms with E-state index in [1.807, 2.05) is 12.1 Å². The van der Waals surface area contributed by atoms with Gasteiger partial charge in [0.15, 0.2) is 0 Å². The second-order valence-electron chi connectivity index (χ2n) is 6.55. The molecule has 0 aliphatic carbocycles. The van der Waals surface area contributed by atoms with Crippen LogP contribution in [0, 0.1) is 6.92 Å². The summed E-state index contributed by atoms with van der Waals surface area (Å²) in [6.45, 7) is 6.14. The van der Waals surface area contributed by atoms with E-state index >= 15 is 0 Å². The van der Waals surface area contributed by atoms with Gasteiger partial charge in [0.2, 0.25) is 0 Å². The number of halogens is 4. The summed E-state index contributed by atoms with van der Waals surface area (Å²) in [6.07, 6.45) is 0. The van der Waals surface area contributed by atoms with Crippen LogP contribution in [0.5, 0.6) is 0 Å². The Labute approximate surface area is 194 Å². The number of fused-ring (bicyclic) bond motifs is 1. The normalized spacial score (nSPS) is 10.6. The maximum Gasteiger partial charge on any atom is 0.0555 e. The van der Waals surface area contributed by atoms with E-state index < -0.39 is 0 Å². The van der Waals surface area contributed by atoms with E-state index in [4.69, 9.17) is 28.3 Å². The van der Waals surface area contributed by atoms with E-state index in [1.54, 1.807) is 6.07 Å². The van der Waals surface area contributed by atoms with Crippen LogP contribution >= 0.6 is 48.0 Å². The molecule has 29 heavy (non-hydrogen) atoms. The van der Waals surface area contributed by atoms with Crippen LogP contribution in [0.1, 0.15) is 16.8 Å². The Morgan fingerprint density at radius 3 is 2.41 bits per heavy atom. The lowest BCUT2D eigenvalue weighted by atomic mass is 10.1. The quantitative estimate of drug-likeness (QED) is 0.386. The molecule has 3 N–H and O–H groups in total. The molecule has 4 nitrogen and oxygen atoms in total. The average Bonchev–Trinajstić information content (AvgIpc) is 2.92. The molecule has 0 atom stereocenters. The Balaban J connectivity index is 0.00000210. The third-order valence-corrected chi connectivity index (χ3v) is 5.36. The van der Waals surface area contributed by atoms with E-state index in [1.165, 1.54) is 22.2 Å². The first kappa shape index (κ1) is 26.1. The van der Waals surface area contributed by atoms with Gasteiger partial charge in [-0.3, -0.25) is 0 Å². The Morgan fingerprint density at radius 2 is 1.69 bits per heavy atom. The highest BCUT2D eigenvalue weighted by Crippen LogP contribution is 2.29. The fourth-order valence-corrected chi connectivity index (χ4v) is 3.81. The van der Waals surface area contributed by atoms with Crippen molar-refractivity contribution in [3.63, 3.8) is 0 Å². The van der Waals surface area contributed by atoms with Gasteiger partial charge in [-0.25, -0.2) is 0 Å². The molecule has 3 rings (SSSR count). The maximum absolute atomic E-state index is 8.81. The molecule has 0 unspecified atom stereocenters. The predicted octanol–water partition coefficient (Wildman–Crippen LogP) is 4.82. The van der Waals surface area contributed by atoms with E-state index in [2.05, 4.69) is 46.4 Å². The fourth-order valence-electron chi connectivity index (χ4n) is 3.34. The van der Waals surface area contributed by atoms with Gasteiger partial charge in [0, 0.05) is 59.4 Å². The molecule has 2 aromatic carbocycles. The molecule has 8 heteroatoms. The first-order chi connectivity index (χ1) is 13.1. The zero-order valence-electron chi connectivity index (χ0n) is 16.3. The zero-order valence-corrected chi connectivity index (χ0v) is 19.4. The fraction of sp³-hybridized carbons (Fsp3) is 0.333. The van der Waals surface area contributed by atoms with Crippen molar-refractivity contribution in [2.24, 2.45) is 0 Å². The van der Waals surface area contributed by atoms with Crippen molar-refractivity contribution in [2.45, 2.75) is 20.0 Å². The summed E-state index contributed by atoms with van der Waals surface area (Å²) >= 11 is 12.4. The number of aliphatic hydroxyl groups is 1. The van der Waals surface area contributed by atoms with Crippen LogP contribution in [0.15, 0.2) is 42.5 Å². The number of hydrogen-bond donors (Lipinski definition) is 3. The van der Waals surface area contributed by atoms with Gasteiger partial charge in [0.1, 0.15) is 0 Å². The molecule has 1 aromatic heterocycles. The molecule has 160 valence electrons. The number of benzene rings is 2. The van der Waals surface area contributed by atoms with E-state index in [0.29, 0.717) is 23.1 Å². The van der Waals surface area contributed by atoms with Crippen LogP contribution in [0.25, 0.3) is 10.9 Å². The minimum absolute atomic E-state index is 0. The number of para-hydroxylation sites is 1. The second kappa shape index (κ2) is 12.7. The summed E-state index contributed by atoms with van der Waals surface area (Å²) in [6, 6.07) is 14.1. The van der Waals surface area contributed by atoms with Crippen LogP contribution in [-0.2, 0) is 13.1 Å². The summed E-state index contributed by atoms with van der Waals surface area (Å²) in [5, 5.41) is 18.1. The smallest absolute Gasteiger partial charge is 0.0555 e. The molecule has 0 saturated heterocycles. The predicted molar refractivity (Wildman–Crippen MR) is 128 cm³/mol. The van der Waals surface area contributed by atoms with Crippen LogP contribution < -0.4 is 10.6 Å². The lowest BCUT2D eigenvalue weighted by Crippen LogP contribution is -2.28. The minimum atomic E-state index is 0. The molecule has 0 bridgehead atoms. The number of rotatable bonds is 9. The van der Waals surface area contributed by atoms with Gasteiger partial charge in [-0.05, 0) is 36.2 Å². The van der Waals surface area contributed by atoms with Crippen molar-refractivity contribution in [1.29, 1.82) is 0 Å². The van der Waals surface area contributed by atoms with Gasteiger partial charge in [0.05, 0.1) is 6.61 Å². The topological polar surface area (TPSA) is 49.2 Å². The summed E-state index contributed by atoms with van der Waals surface area (Å²) in [4.78, 5) is 0. The van der Waals surface area contributed by atoms with Crippen molar-refractivity contribution in [2.75, 3.05) is 26.2 Å². The molecule has 0 spiro atoms. The van der Waals surface area contributed by atoms with Crippen LogP contribution in [0.3, 0.4) is 0 Å². The monoisotopic (exact) mass is 477 g/mol. The summed E-state index contributed by atoms with van der Waals surface area (Å²) < 4.78 is 2.31. The molecule has 0 radical (unpaired) electrons. The van der Waals surface area contributed by atoms with Crippen LogP contribution in [0.2, 0.25) is 10.0 Å². The third kappa shape index (κ3) is 6.50. The van der Waals surface area contributed by atoms with Gasteiger partial charge < -0.3 is 20.3 Å². The number of aromatic nitrogens is 1. The van der Waals surface area contributed by atoms with Crippen molar-refractivity contribution >= 4 is 58.9 Å². The molecule has 3 aromatic rings. The summed E-state index contributed by atoms with van der Waals surface area (Å²) in [7, 11) is 0. The van der Waals surface area contributed by atoms with Gasteiger partial charge in [-0.15, -0.1) is 24.8 Å². The van der Waals surface area contributed by atoms with Crippen LogP contribution in [0.4, 0.5) is 0 Å². The molecule has 0 amide bonds. The molecule has 0 fully saturated rings. The molecule has 0 aliphatic rings. The number of aliphatic hydroxyl groups excluding tert-OH is 1. The number of hydrogen-bond acceptors (Lipinski definition) is 3. The third-order valence-electron chi connectivity index (χ3n) is 4.77. The van der Waals surface area contributed by atoms with Gasteiger partial charge in [-0.2, -0.15) is 0 Å². The molecule has 0 aliphatic heterocycles. The molecule has 0 saturated carbocycles. The summed E-state index contributed by atoms with van der Waals surface area (Å²) in [5.41, 5.74) is 4.80. The second-order valence-corrected chi connectivity index (χ2v) is 7.40. The van der Waals surface area contributed by atoms with Gasteiger partial charge in [-0.1, -0.05) is 47.5 Å². The molecular weight excluding hydrogens is 452 g/mol. The number of nitrogens with one attached hydrogen (secondary N) is 2. The Bertz CT molecular complexity index is 914. The van der Waals surface area contributed by atoms with Crippen molar-refractivity contribution in [3.8, 4) is 0 Å². The Hall–Kier alpha value is -0.980. The minimum Gasteiger partial charge on any atom is -0.395 e. The molecular formula is C21H27Cl4N3O. The first-order valence-corrected chi connectivity index (χ1v) is 9.90. The Kier molecular flexibility index (Phi) is 11.4. The lowest BCUT2D eigenvalue weighted by molar-refractivity contribution is 0.292. The van der Waals surface area contributed by atoms with Gasteiger partial charge in [0.25, 0.3) is 0 Å². The Morgan fingerprint density at radius 1 is 0.966 bits per heavy atom. The van der Waals surface area contributed by atoms with Crippen molar-refractivity contribution in [3.05, 3.63) is 69.3 Å². The molecule has 1 heterocycles. The SMILES string of the molecule is Cc1c(CNCCNCCO)c2ccccc2n1Cc1ccc(Cl)cc1Cl.Cl.Cl.